The zero-order valence-electron chi connectivity index (χ0n) is 16.8. The number of aromatic amines is 1. The minimum absolute atomic E-state index is 0.321. The van der Waals surface area contributed by atoms with Crippen LogP contribution >= 0.6 is 11.6 Å². The van der Waals surface area contributed by atoms with Crippen LogP contribution in [0.3, 0.4) is 0 Å². The lowest BCUT2D eigenvalue weighted by atomic mass is 10.0. The monoisotopic (exact) mass is 445 g/mol. The highest BCUT2D eigenvalue weighted by Crippen LogP contribution is 2.33. The van der Waals surface area contributed by atoms with Crippen LogP contribution in [0.4, 0.5) is 4.39 Å². The Balaban J connectivity index is 1.45. The number of H-pyrrole nitrogens is 1. The predicted octanol–water partition coefficient (Wildman–Crippen LogP) is 4.45. The van der Waals surface area contributed by atoms with Crippen LogP contribution in [0.15, 0.2) is 55.0 Å². The molecule has 158 valence electrons. The average molecular weight is 446 g/mol. The molecule has 6 rings (SSSR count). The Morgan fingerprint density at radius 3 is 2.88 bits per heavy atom. The zero-order valence-corrected chi connectivity index (χ0v) is 17.6. The molecular formula is C23H17ClFN7. The van der Waals surface area contributed by atoms with Crippen molar-refractivity contribution in [2.45, 2.75) is 13.1 Å². The lowest BCUT2D eigenvalue weighted by Crippen LogP contribution is -2.28. The molecule has 9 heteroatoms. The summed E-state index contributed by atoms with van der Waals surface area (Å²) in [6.07, 6.45) is 5.44. The minimum Gasteiger partial charge on any atom is -0.326 e. The van der Waals surface area contributed by atoms with E-state index in [2.05, 4.69) is 30.0 Å². The van der Waals surface area contributed by atoms with E-state index in [4.69, 9.17) is 16.6 Å². The number of imidazole rings is 1. The molecule has 1 aliphatic rings. The first-order valence-corrected chi connectivity index (χ1v) is 10.6. The molecule has 7 nitrogen and oxygen atoms in total. The van der Waals surface area contributed by atoms with Gasteiger partial charge in [-0.1, -0.05) is 11.6 Å². The van der Waals surface area contributed by atoms with Gasteiger partial charge >= 0.3 is 0 Å². The fraction of sp³-hybridized carbons (Fsp3) is 0.130. The van der Waals surface area contributed by atoms with Crippen molar-refractivity contribution in [1.29, 1.82) is 0 Å². The number of rotatable bonds is 3. The predicted molar refractivity (Wildman–Crippen MR) is 120 cm³/mol. The molecule has 0 fully saturated rings. The van der Waals surface area contributed by atoms with Crippen LogP contribution in [0.2, 0.25) is 5.02 Å². The first-order chi connectivity index (χ1) is 15.7. The second-order valence-corrected chi connectivity index (χ2v) is 8.05. The summed E-state index contributed by atoms with van der Waals surface area (Å²) in [6.45, 7) is 2.52. The fourth-order valence-electron chi connectivity index (χ4n) is 4.09. The number of nitrogens with zero attached hydrogens (tertiary/aromatic N) is 5. The summed E-state index contributed by atoms with van der Waals surface area (Å²) in [7, 11) is 0. The van der Waals surface area contributed by atoms with Crippen LogP contribution in [0.25, 0.3) is 44.8 Å². The third-order valence-corrected chi connectivity index (χ3v) is 5.90. The van der Waals surface area contributed by atoms with E-state index in [0.717, 1.165) is 47.7 Å². The van der Waals surface area contributed by atoms with Crippen LogP contribution in [0.5, 0.6) is 0 Å². The molecule has 5 heterocycles. The smallest absolute Gasteiger partial charge is 0.132 e. The Kier molecular flexibility index (Phi) is 4.48. The van der Waals surface area contributed by atoms with Crippen molar-refractivity contribution in [2.75, 3.05) is 6.54 Å². The minimum atomic E-state index is -0.396. The van der Waals surface area contributed by atoms with Crippen molar-refractivity contribution in [1.82, 2.24) is 35.0 Å². The van der Waals surface area contributed by atoms with E-state index < -0.39 is 5.82 Å². The normalized spacial score (nSPS) is 13.4. The lowest BCUT2D eigenvalue weighted by molar-refractivity contribution is 0.508. The van der Waals surface area contributed by atoms with Gasteiger partial charge in [0, 0.05) is 47.2 Å². The third kappa shape index (κ3) is 3.16. The second kappa shape index (κ2) is 7.51. The summed E-state index contributed by atoms with van der Waals surface area (Å²) >= 11 is 6.09. The van der Waals surface area contributed by atoms with Gasteiger partial charge in [-0.15, -0.1) is 0 Å². The first-order valence-electron chi connectivity index (χ1n) is 10.2. The van der Waals surface area contributed by atoms with Gasteiger partial charge in [0.15, 0.2) is 0 Å². The van der Waals surface area contributed by atoms with Crippen molar-refractivity contribution in [3.63, 3.8) is 0 Å². The van der Waals surface area contributed by atoms with E-state index in [9.17, 15) is 4.39 Å². The van der Waals surface area contributed by atoms with E-state index in [1.165, 1.54) is 12.1 Å². The molecule has 0 saturated carbocycles. The molecule has 0 bridgehead atoms. The molecule has 2 N–H and O–H groups in total. The molecule has 1 aliphatic heterocycles. The van der Waals surface area contributed by atoms with Crippen LogP contribution in [0, 0.1) is 5.82 Å². The van der Waals surface area contributed by atoms with Crippen molar-refractivity contribution >= 4 is 22.6 Å². The Labute approximate surface area is 187 Å². The number of aromatic nitrogens is 6. The van der Waals surface area contributed by atoms with E-state index in [0.29, 0.717) is 27.5 Å². The van der Waals surface area contributed by atoms with Crippen molar-refractivity contribution in [3.8, 4) is 33.8 Å². The van der Waals surface area contributed by atoms with Crippen LogP contribution < -0.4 is 5.32 Å². The number of pyridine rings is 2. The van der Waals surface area contributed by atoms with Crippen LogP contribution in [-0.4, -0.2) is 36.3 Å². The summed E-state index contributed by atoms with van der Waals surface area (Å²) in [4.78, 5) is 13.9. The number of nitrogens with one attached hydrogen (secondary N) is 2. The standard InChI is InChI=1S/C23H17ClFN7/c24-14-1-2-17(25)15(8-14)23-16(10-29-31-23)18-3-4-19-20(30-18)7-13(9-27-19)21-11-28-22-12-26-5-6-32(21)22/h1-4,7-11,26H,5-6,12H2,(H,29,31). The van der Waals surface area contributed by atoms with Gasteiger partial charge in [-0.3, -0.25) is 10.1 Å². The molecule has 0 amide bonds. The van der Waals surface area contributed by atoms with E-state index in [-0.39, 0.29) is 0 Å². The highest BCUT2D eigenvalue weighted by molar-refractivity contribution is 6.30. The maximum absolute atomic E-state index is 14.5. The van der Waals surface area contributed by atoms with Crippen LogP contribution in [0.1, 0.15) is 5.82 Å². The second-order valence-electron chi connectivity index (χ2n) is 7.62. The highest BCUT2D eigenvalue weighted by atomic mass is 35.5. The summed E-state index contributed by atoms with van der Waals surface area (Å²) in [5.74, 6) is 0.618. The SMILES string of the molecule is Fc1ccc(Cl)cc1-c1n[nH]cc1-c1ccc2ncc(-c3cnc4n3CCNC4)cc2n1. The molecule has 0 unspecified atom stereocenters. The van der Waals surface area contributed by atoms with Crippen molar-refractivity contribution < 1.29 is 4.39 Å². The molecule has 4 aromatic heterocycles. The summed E-state index contributed by atoms with van der Waals surface area (Å²) in [5.41, 5.74) is 5.62. The molecule has 32 heavy (non-hydrogen) atoms. The molecule has 1 aromatic carbocycles. The van der Waals surface area contributed by atoms with E-state index >= 15 is 0 Å². The van der Waals surface area contributed by atoms with Gasteiger partial charge in [-0.2, -0.15) is 5.10 Å². The Bertz CT molecular complexity index is 1470. The number of hydrogen-bond acceptors (Lipinski definition) is 5. The summed E-state index contributed by atoms with van der Waals surface area (Å²) in [5, 5.41) is 10.8. The fourth-order valence-corrected chi connectivity index (χ4v) is 4.26. The zero-order chi connectivity index (χ0) is 21.7. The topological polar surface area (TPSA) is 84.3 Å². The number of benzene rings is 1. The molecule has 0 spiro atoms. The maximum atomic E-state index is 14.5. The van der Waals surface area contributed by atoms with Crippen molar-refractivity contribution in [2.24, 2.45) is 0 Å². The molecule has 5 aromatic rings. The Hall–Kier alpha value is -3.62. The van der Waals surface area contributed by atoms with Gasteiger partial charge in [0.2, 0.25) is 0 Å². The number of fused-ring (bicyclic) bond motifs is 2. The van der Waals surface area contributed by atoms with E-state index in [1.54, 1.807) is 12.3 Å². The van der Waals surface area contributed by atoms with Gasteiger partial charge in [-0.05, 0) is 36.4 Å². The van der Waals surface area contributed by atoms with Gasteiger partial charge < -0.3 is 9.88 Å². The Morgan fingerprint density at radius 2 is 1.94 bits per heavy atom. The van der Waals surface area contributed by atoms with Gasteiger partial charge in [0.05, 0.1) is 35.2 Å². The summed E-state index contributed by atoms with van der Waals surface area (Å²) in [6, 6.07) is 10.2. The molecule has 0 aliphatic carbocycles. The molecular weight excluding hydrogens is 429 g/mol. The lowest BCUT2D eigenvalue weighted by Gasteiger charge is -2.17. The van der Waals surface area contributed by atoms with Crippen molar-refractivity contribution in [3.05, 3.63) is 71.7 Å². The highest BCUT2D eigenvalue weighted by Gasteiger charge is 2.18. The van der Waals surface area contributed by atoms with E-state index in [1.807, 2.05) is 30.6 Å². The third-order valence-electron chi connectivity index (χ3n) is 5.67. The Morgan fingerprint density at radius 1 is 1.00 bits per heavy atom. The quantitative estimate of drug-likeness (QED) is 0.428. The number of halogens is 2. The molecule has 0 saturated heterocycles. The maximum Gasteiger partial charge on any atom is 0.132 e. The molecule has 0 radical (unpaired) electrons. The molecule has 0 atom stereocenters. The van der Waals surface area contributed by atoms with Gasteiger partial charge in [0.1, 0.15) is 17.3 Å². The first kappa shape index (κ1) is 19.1. The number of hydrogen-bond donors (Lipinski definition) is 2. The summed E-state index contributed by atoms with van der Waals surface area (Å²) < 4.78 is 16.7. The van der Waals surface area contributed by atoms with Crippen LogP contribution in [-0.2, 0) is 13.1 Å². The van der Waals surface area contributed by atoms with Gasteiger partial charge in [0.25, 0.3) is 0 Å². The largest absolute Gasteiger partial charge is 0.326 e. The van der Waals surface area contributed by atoms with Gasteiger partial charge in [-0.25, -0.2) is 14.4 Å². The average Bonchev–Trinajstić information content (AvgIpc) is 3.47.